The highest BCUT2D eigenvalue weighted by Crippen LogP contribution is 2.42. The second-order valence-corrected chi connectivity index (χ2v) is 11.0. The second kappa shape index (κ2) is 13.9. The Kier molecular flexibility index (Phi) is 10.0. The number of nitrogens with one attached hydrogen (secondary N) is 1. The lowest BCUT2D eigenvalue weighted by Crippen LogP contribution is -2.25. The number of benzene rings is 3. The first-order valence-electron chi connectivity index (χ1n) is 14.2. The Hall–Kier alpha value is -4.85. The molecule has 7 nitrogen and oxygen atoms in total. The smallest absolute Gasteiger partial charge is 0.258 e. The lowest BCUT2D eigenvalue weighted by Gasteiger charge is -2.17. The first-order chi connectivity index (χ1) is 20.6. The Morgan fingerprint density at radius 1 is 0.791 bits per heavy atom. The molecule has 0 atom stereocenters. The van der Waals surface area contributed by atoms with Gasteiger partial charge in [-0.2, -0.15) is 0 Å². The first kappa shape index (κ1) is 31.1. The van der Waals surface area contributed by atoms with Gasteiger partial charge in [-0.1, -0.05) is 62.4 Å². The summed E-state index contributed by atoms with van der Waals surface area (Å²) in [6, 6.07) is 24.7. The zero-order valence-corrected chi connectivity index (χ0v) is 24.9. The maximum absolute atomic E-state index is 14.1. The van der Waals surface area contributed by atoms with Crippen LogP contribution in [0.2, 0.25) is 0 Å². The van der Waals surface area contributed by atoms with Crippen molar-refractivity contribution in [3.63, 3.8) is 0 Å². The zero-order valence-electron chi connectivity index (χ0n) is 24.9. The van der Waals surface area contributed by atoms with Crippen molar-refractivity contribution >= 4 is 29.1 Å². The van der Waals surface area contributed by atoms with Crippen molar-refractivity contribution in [2.75, 3.05) is 19.4 Å². The molecular weight excluding hydrogens is 545 g/mol. The molecule has 43 heavy (non-hydrogen) atoms. The van der Waals surface area contributed by atoms with Gasteiger partial charge in [0.2, 0.25) is 5.91 Å². The van der Waals surface area contributed by atoms with Gasteiger partial charge in [0.15, 0.2) is 0 Å². The molecule has 3 aromatic carbocycles. The number of para-hydroxylation sites is 1. The molecule has 0 spiro atoms. The van der Waals surface area contributed by atoms with Gasteiger partial charge in [-0.15, -0.1) is 0 Å². The molecule has 1 aromatic heterocycles. The van der Waals surface area contributed by atoms with Crippen LogP contribution in [0.25, 0.3) is 22.4 Å². The number of halogens is 1. The van der Waals surface area contributed by atoms with E-state index in [2.05, 4.69) is 5.32 Å². The van der Waals surface area contributed by atoms with Crippen molar-refractivity contribution in [2.45, 2.75) is 45.6 Å². The average Bonchev–Trinajstić information content (AvgIpc) is 3.33. The summed E-state index contributed by atoms with van der Waals surface area (Å²) in [5, 5.41) is 3.02. The minimum absolute atomic E-state index is 0.0124. The number of hydrogen-bond acceptors (Lipinski definition) is 4. The monoisotopic (exact) mass is 581 g/mol. The Morgan fingerprint density at radius 2 is 1.40 bits per heavy atom. The fourth-order valence-corrected chi connectivity index (χ4v) is 5.14. The van der Waals surface area contributed by atoms with Crippen LogP contribution in [0.15, 0.2) is 84.9 Å². The zero-order chi connectivity index (χ0) is 31.1. The normalized spacial score (nSPS) is 10.9. The SMILES string of the molecule is CC(C)c1c(C(=O)Nc2ccccc2)c(-c2ccccc2)c(-c2ccc(F)cc2)n1CCC(=O)CC(=O)CC(=O)N(C)C. The van der Waals surface area contributed by atoms with Crippen LogP contribution in [0.1, 0.15) is 55.1 Å². The summed E-state index contributed by atoms with van der Waals surface area (Å²) >= 11 is 0. The number of carbonyl (C=O) groups is 4. The number of Topliss-reactive ketones (excluding diaryl/α,β-unsaturated/α-hetero) is 2. The van der Waals surface area contributed by atoms with Crippen LogP contribution in [0.4, 0.5) is 10.1 Å². The van der Waals surface area contributed by atoms with Crippen LogP contribution in [0.5, 0.6) is 0 Å². The predicted octanol–water partition coefficient (Wildman–Crippen LogP) is 6.73. The molecule has 4 aromatic rings. The molecule has 8 heteroatoms. The summed E-state index contributed by atoms with van der Waals surface area (Å²) in [5.41, 5.74) is 4.64. The van der Waals surface area contributed by atoms with Crippen LogP contribution in [0.3, 0.4) is 0 Å². The molecule has 1 N–H and O–H groups in total. The summed E-state index contributed by atoms with van der Waals surface area (Å²) in [4.78, 5) is 52.8. The van der Waals surface area contributed by atoms with Gasteiger partial charge >= 0.3 is 0 Å². The van der Waals surface area contributed by atoms with Gasteiger partial charge in [-0.05, 0) is 53.4 Å². The highest BCUT2D eigenvalue weighted by Gasteiger charge is 2.31. The number of anilines is 1. The van der Waals surface area contributed by atoms with Gasteiger partial charge in [-0.3, -0.25) is 19.2 Å². The molecule has 0 radical (unpaired) electrons. The third kappa shape index (κ3) is 7.52. The maximum Gasteiger partial charge on any atom is 0.258 e. The standard InChI is InChI=1S/C35H36FN3O4/c1-23(2)33-32(35(43)37-27-13-9-6-10-14-27)31(24-11-7-5-8-12-24)34(25-15-17-26(36)18-16-25)39(33)20-19-28(40)21-29(41)22-30(42)38(3)4/h5-18,23H,19-22H2,1-4H3,(H,37,43). The Morgan fingerprint density at radius 3 is 1.98 bits per heavy atom. The van der Waals surface area contributed by atoms with Crippen LogP contribution >= 0.6 is 0 Å². The van der Waals surface area contributed by atoms with E-state index < -0.39 is 11.6 Å². The number of nitrogens with zero attached hydrogens (tertiary/aromatic N) is 2. The molecule has 0 unspecified atom stereocenters. The van der Waals surface area contributed by atoms with Gasteiger partial charge in [0, 0.05) is 44.0 Å². The number of carbonyl (C=O) groups excluding carboxylic acids is 4. The summed E-state index contributed by atoms with van der Waals surface area (Å²) in [6.45, 7) is 4.14. The molecule has 2 amide bonds. The fourth-order valence-electron chi connectivity index (χ4n) is 5.14. The molecule has 0 saturated heterocycles. The largest absolute Gasteiger partial charge is 0.348 e. The summed E-state index contributed by atoms with van der Waals surface area (Å²) in [7, 11) is 3.12. The van der Waals surface area contributed by atoms with E-state index >= 15 is 0 Å². The lowest BCUT2D eigenvalue weighted by molar-refractivity contribution is -0.134. The third-order valence-electron chi connectivity index (χ3n) is 7.15. The quantitative estimate of drug-likeness (QED) is 0.188. The minimum Gasteiger partial charge on any atom is -0.348 e. The Balaban J connectivity index is 1.85. The Bertz CT molecular complexity index is 1610. The van der Waals surface area contributed by atoms with Gasteiger partial charge in [0.25, 0.3) is 5.91 Å². The molecule has 1 heterocycles. The van der Waals surface area contributed by atoms with Crippen molar-refractivity contribution in [1.82, 2.24) is 9.47 Å². The number of ketones is 2. The molecular formula is C35H36FN3O4. The molecule has 222 valence electrons. The molecule has 0 aliphatic carbocycles. The van der Waals surface area contributed by atoms with E-state index in [0.717, 1.165) is 5.56 Å². The number of amides is 2. The van der Waals surface area contributed by atoms with Crippen LogP contribution in [-0.2, 0) is 20.9 Å². The third-order valence-corrected chi connectivity index (χ3v) is 7.15. The van der Waals surface area contributed by atoms with Crippen molar-refractivity contribution in [3.8, 4) is 22.4 Å². The van der Waals surface area contributed by atoms with E-state index in [4.69, 9.17) is 0 Å². The van der Waals surface area contributed by atoms with Crippen molar-refractivity contribution in [2.24, 2.45) is 0 Å². The number of hydrogen-bond donors (Lipinski definition) is 1. The Labute approximate surface area is 251 Å². The number of aromatic nitrogens is 1. The first-order valence-corrected chi connectivity index (χ1v) is 14.2. The van der Waals surface area contributed by atoms with E-state index in [1.807, 2.05) is 79.1 Å². The van der Waals surface area contributed by atoms with E-state index in [9.17, 15) is 23.6 Å². The van der Waals surface area contributed by atoms with Crippen LogP contribution < -0.4 is 5.32 Å². The van der Waals surface area contributed by atoms with Crippen molar-refractivity contribution < 1.29 is 23.6 Å². The van der Waals surface area contributed by atoms with Gasteiger partial charge in [-0.25, -0.2) is 4.39 Å². The lowest BCUT2D eigenvalue weighted by atomic mass is 9.94. The molecule has 4 rings (SSSR count). The predicted molar refractivity (Wildman–Crippen MR) is 166 cm³/mol. The van der Waals surface area contributed by atoms with Crippen LogP contribution in [-0.4, -0.2) is 46.9 Å². The van der Waals surface area contributed by atoms with Gasteiger partial charge in [0.1, 0.15) is 17.4 Å². The average molecular weight is 582 g/mol. The molecule has 0 fully saturated rings. The summed E-state index contributed by atoms with van der Waals surface area (Å²) < 4.78 is 16.0. The molecule has 0 saturated carbocycles. The van der Waals surface area contributed by atoms with Crippen LogP contribution in [0, 0.1) is 5.82 Å². The highest BCUT2D eigenvalue weighted by atomic mass is 19.1. The summed E-state index contributed by atoms with van der Waals surface area (Å²) in [5.74, 6) is -1.93. The van der Waals surface area contributed by atoms with Gasteiger partial charge < -0.3 is 14.8 Å². The fraction of sp³-hybridized carbons (Fsp3) is 0.257. The van der Waals surface area contributed by atoms with E-state index in [1.165, 1.54) is 17.0 Å². The van der Waals surface area contributed by atoms with Crippen molar-refractivity contribution in [3.05, 3.63) is 102 Å². The van der Waals surface area contributed by atoms with Crippen molar-refractivity contribution in [1.29, 1.82) is 0 Å². The molecule has 0 bridgehead atoms. The maximum atomic E-state index is 14.1. The minimum atomic E-state index is -0.438. The van der Waals surface area contributed by atoms with Gasteiger partial charge in [0.05, 0.1) is 24.1 Å². The topological polar surface area (TPSA) is 88.5 Å². The molecule has 0 aliphatic rings. The second-order valence-electron chi connectivity index (χ2n) is 11.0. The molecule has 0 aliphatic heterocycles. The van der Waals surface area contributed by atoms with E-state index in [0.29, 0.717) is 33.8 Å². The van der Waals surface area contributed by atoms with E-state index in [-0.39, 0.29) is 49.3 Å². The summed E-state index contributed by atoms with van der Waals surface area (Å²) in [6.07, 6.45) is -0.669. The van der Waals surface area contributed by atoms with E-state index in [1.54, 1.807) is 26.2 Å². The number of rotatable bonds is 12. The highest BCUT2D eigenvalue weighted by molar-refractivity contribution is 6.12.